The van der Waals surface area contributed by atoms with Crippen LogP contribution in [0.3, 0.4) is 0 Å². The summed E-state index contributed by atoms with van der Waals surface area (Å²) in [5.41, 5.74) is 1.09. The summed E-state index contributed by atoms with van der Waals surface area (Å²) in [6.07, 6.45) is 2.17. The number of benzene rings is 1. The third-order valence-corrected chi connectivity index (χ3v) is 3.01. The van der Waals surface area contributed by atoms with Gasteiger partial charge in [0.05, 0.1) is 6.61 Å². The third kappa shape index (κ3) is 4.47. The smallest absolute Gasteiger partial charge is 0.246 e. The second-order valence-corrected chi connectivity index (χ2v) is 4.59. The van der Waals surface area contributed by atoms with E-state index < -0.39 is 0 Å². The van der Waals surface area contributed by atoms with E-state index in [0.29, 0.717) is 6.61 Å². The molecule has 18 heavy (non-hydrogen) atoms. The van der Waals surface area contributed by atoms with Crippen LogP contribution in [0.15, 0.2) is 30.3 Å². The largest absolute Gasteiger partial charge is 0.367 e. The molecule has 2 N–H and O–H groups in total. The molecule has 4 nitrogen and oxygen atoms in total. The second-order valence-electron chi connectivity index (χ2n) is 4.59. The lowest BCUT2D eigenvalue weighted by atomic mass is 10.1. The van der Waals surface area contributed by atoms with Gasteiger partial charge in [-0.2, -0.15) is 0 Å². The van der Waals surface area contributed by atoms with Gasteiger partial charge in [0.15, 0.2) is 0 Å². The minimum atomic E-state index is -0.0281. The van der Waals surface area contributed by atoms with Crippen LogP contribution in [-0.2, 0) is 16.1 Å². The molecule has 0 saturated carbocycles. The van der Waals surface area contributed by atoms with Crippen LogP contribution >= 0.6 is 0 Å². The molecule has 2 rings (SSSR count). The molecule has 1 aliphatic rings. The van der Waals surface area contributed by atoms with E-state index in [4.69, 9.17) is 4.74 Å². The molecular formula is C14H20N2O2. The first kappa shape index (κ1) is 13.1. The Balaban J connectivity index is 1.62. The van der Waals surface area contributed by atoms with E-state index in [2.05, 4.69) is 10.6 Å². The molecule has 1 fully saturated rings. The lowest BCUT2D eigenvalue weighted by Crippen LogP contribution is -2.46. The molecule has 0 radical (unpaired) electrons. The molecule has 1 heterocycles. The van der Waals surface area contributed by atoms with Crippen molar-refractivity contribution in [3.05, 3.63) is 35.9 Å². The number of piperidine rings is 1. The number of amides is 1. The van der Waals surface area contributed by atoms with Gasteiger partial charge in [0.2, 0.25) is 5.91 Å². The van der Waals surface area contributed by atoms with Gasteiger partial charge in [0.25, 0.3) is 0 Å². The van der Waals surface area contributed by atoms with Crippen LogP contribution in [0.4, 0.5) is 0 Å². The predicted molar refractivity (Wildman–Crippen MR) is 70.1 cm³/mol. The van der Waals surface area contributed by atoms with Crippen LogP contribution in [-0.4, -0.2) is 31.6 Å². The minimum Gasteiger partial charge on any atom is -0.367 e. The average Bonchev–Trinajstić information content (AvgIpc) is 2.41. The Kier molecular flexibility index (Phi) is 5.17. The van der Waals surface area contributed by atoms with E-state index in [1.165, 1.54) is 0 Å². The Labute approximate surface area is 108 Å². The number of hydrogen-bond donors (Lipinski definition) is 2. The van der Waals surface area contributed by atoms with Crippen molar-refractivity contribution in [2.75, 3.05) is 19.7 Å². The number of ether oxygens (including phenoxy) is 1. The van der Waals surface area contributed by atoms with Gasteiger partial charge in [0, 0.05) is 12.6 Å². The van der Waals surface area contributed by atoms with Crippen molar-refractivity contribution < 1.29 is 9.53 Å². The van der Waals surface area contributed by atoms with Crippen molar-refractivity contribution >= 4 is 5.91 Å². The van der Waals surface area contributed by atoms with Gasteiger partial charge in [-0.15, -0.1) is 0 Å². The number of hydrogen-bond acceptors (Lipinski definition) is 3. The summed E-state index contributed by atoms with van der Waals surface area (Å²) in [7, 11) is 0. The van der Waals surface area contributed by atoms with E-state index in [-0.39, 0.29) is 18.6 Å². The highest BCUT2D eigenvalue weighted by molar-refractivity contribution is 5.77. The maximum atomic E-state index is 11.6. The van der Waals surface area contributed by atoms with Gasteiger partial charge in [-0.25, -0.2) is 0 Å². The average molecular weight is 248 g/mol. The maximum Gasteiger partial charge on any atom is 0.246 e. The monoisotopic (exact) mass is 248 g/mol. The first-order valence-corrected chi connectivity index (χ1v) is 6.46. The summed E-state index contributed by atoms with van der Waals surface area (Å²) in [5.74, 6) is -0.0281. The summed E-state index contributed by atoms with van der Waals surface area (Å²) < 4.78 is 5.39. The molecule has 1 saturated heterocycles. The Morgan fingerprint density at radius 3 is 2.94 bits per heavy atom. The van der Waals surface area contributed by atoms with Crippen molar-refractivity contribution in [1.29, 1.82) is 0 Å². The van der Waals surface area contributed by atoms with Gasteiger partial charge < -0.3 is 15.4 Å². The van der Waals surface area contributed by atoms with Crippen LogP contribution in [0.25, 0.3) is 0 Å². The Morgan fingerprint density at radius 1 is 1.39 bits per heavy atom. The lowest BCUT2D eigenvalue weighted by molar-refractivity contribution is -0.126. The summed E-state index contributed by atoms with van der Waals surface area (Å²) in [5, 5.41) is 6.25. The molecule has 4 heteroatoms. The summed E-state index contributed by atoms with van der Waals surface area (Å²) >= 11 is 0. The molecule has 1 aliphatic heterocycles. The first-order valence-electron chi connectivity index (χ1n) is 6.46. The zero-order chi connectivity index (χ0) is 12.6. The van der Waals surface area contributed by atoms with Gasteiger partial charge >= 0.3 is 0 Å². The van der Waals surface area contributed by atoms with Gasteiger partial charge in [-0.1, -0.05) is 30.3 Å². The molecule has 0 aliphatic carbocycles. The molecule has 1 atom stereocenters. The highest BCUT2D eigenvalue weighted by Crippen LogP contribution is 2.02. The summed E-state index contributed by atoms with van der Waals surface area (Å²) in [6, 6.07) is 10.1. The standard InChI is InChI=1S/C14H20N2O2/c17-14(16-13-7-4-8-15-9-13)11-18-10-12-5-2-1-3-6-12/h1-3,5-6,13,15H,4,7-11H2,(H,16,17). The molecule has 1 aromatic carbocycles. The van der Waals surface area contributed by atoms with Crippen molar-refractivity contribution in [3.63, 3.8) is 0 Å². The Morgan fingerprint density at radius 2 is 2.22 bits per heavy atom. The Hall–Kier alpha value is -1.39. The molecular weight excluding hydrogens is 228 g/mol. The van der Waals surface area contributed by atoms with Crippen LogP contribution in [0.1, 0.15) is 18.4 Å². The van der Waals surface area contributed by atoms with E-state index in [1.54, 1.807) is 0 Å². The molecule has 0 bridgehead atoms. The molecule has 1 aromatic rings. The lowest BCUT2D eigenvalue weighted by Gasteiger charge is -2.23. The van der Waals surface area contributed by atoms with Gasteiger partial charge in [-0.3, -0.25) is 4.79 Å². The molecule has 98 valence electrons. The van der Waals surface area contributed by atoms with Gasteiger partial charge in [-0.05, 0) is 24.9 Å². The maximum absolute atomic E-state index is 11.6. The highest BCUT2D eigenvalue weighted by atomic mass is 16.5. The topological polar surface area (TPSA) is 50.4 Å². The normalized spacial score (nSPS) is 19.4. The second kappa shape index (κ2) is 7.13. The van der Waals surface area contributed by atoms with Crippen molar-refractivity contribution in [3.8, 4) is 0 Å². The third-order valence-electron chi connectivity index (χ3n) is 3.01. The van der Waals surface area contributed by atoms with Gasteiger partial charge in [0.1, 0.15) is 6.61 Å². The SMILES string of the molecule is O=C(COCc1ccccc1)NC1CCCNC1. The zero-order valence-corrected chi connectivity index (χ0v) is 10.5. The molecule has 1 amide bonds. The fourth-order valence-corrected chi connectivity index (χ4v) is 2.08. The molecule has 1 unspecified atom stereocenters. The van der Waals surface area contributed by atoms with Crippen LogP contribution < -0.4 is 10.6 Å². The van der Waals surface area contributed by atoms with Crippen LogP contribution in [0, 0.1) is 0 Å². The number of carbonyl (C=O) groups is 1. The van der Waals surface area contributed by atoms with Crippen molar-refractivity contribution in [2.24, 2.45) is 0 Å². The molecule has 0 spiro atoms. The first-order chi connectivity index (χ1) is 8.84. The molecule has 0 aromatic heterocycles. The van der Waals surface area contributed by atoms with E-state index in [9.17, 15) is 4.79 Å². The van der Waals surface area contributed by atoms with E-state index in [1.807, 2.05) is 30.3 Å². The fraction of sp³-hybridized carbons (Fsp3) is 0.500. The quantitative estimate of drug-likeness (QED) is 0.819. The minimum absolute atomic E-state index is 0.0281. The van der Waals surface area contributed by atoms with Crippen LogP contribution in [0.5, 0.6) is 0 Å². The van der Waals surface area contributed by atoms with E-state index in [0.717, 1.165) is 31.5 Å². The fourth-order valence-electron chi connectivity index (χ4n) is 2.08. The predicted octanol–water partition coefficient (Wildman–Crippen LogP) is 1.07. The van der Waals surface area contributed by atoms with Crippen LogP contribution in [0.2, 0.25) is 0 Å². The van der Waals surface area contributed by atoms with Crippen molar-refractivity contribution in [2.45, 2.75) is 25.5 Å². The van der Waals surface area contributed by atoms with Crippen molar-refractivity contribution in [1.82, 2.24) is 10.6 Å². The highest BCUT2D eigenvalue weighted by Gasteiger charge is 2.14. The van der Waals surface area contributed by atoms with E-state index >= 15 is 0 Å². The summed E-state index contributed by atoms with van der Waals surface area (Å²) in [4.78, 5) is 11.6. The number of nitrogens with one attached hydrogen (secondary N) is 2. The zero-order valence-electron chi connectivity index (χ0n) is 10.5. The number of rotatable bonds is 5. The summed E-state index contributed by atoms with van der Waals surface area (Å²) in [6.45, 7) is 2.53. The number of carbonyl (C=O) groups excluding carboxylic acids is 1. The Bertz CT molecular complexity index is 361.